The normalized spacial score (nSPS) is 18.2. The first-order valence-corrected chi connectivity index (χ1v) is 12.2. The van der Waals surface area contributed by atoms with Crippen molar-refractivity contribution in [3.8, 4) is 17.6 Å². The molecule has 7 heteroatoms. The fraction of sp³-hybridized carbons (Fsp3) is 0.308. The molecular formula is C26H26IN3O3. The number of nitriles is 1. The second kappa shape index (κ2) is 9.87. The third-order valence-corrected chi connectivity index (χ3v) is 6.62. The number of carbonyl (C=O) groups excluding carboxylic acids is 1. The van der Waals surface area contributed by atoms with Crippen molar-refractivity contribution in [2.45, 2.75) is 39.0 Å². The van der Waals surface area contributed by atoms with Gasteiger partial charge in [0.2, 0.25) is 0 Å². The van der Waals surface area contributed by atoms with Gasteiger partial charge in [-0.1, -0.05) is 0 Å². The van der Waals surface area contributed by atoms with Crippen LogP contribution in [0, 0.1) is 14.9 Å². The van der Waals surface area contributed by atoms with Crippen LogP contribution in [0.4, 0.5) is 5.69 Å². The monoisotopic (exact) mass is 555 g/mol. The zero-order valence-electron chi connectivity index (χ0n) is 18.7. The molecule has 2 N–H and O–H groups in total. The summed E-state index contributed by atoms with van der Waals surface area (Å²) < 4.78 is 12.7. The van der Waals surface area contributed by atoms with Crippen LogP contribution < -0.4 is 20.1 Å². The Morgan fingerprint density at radius 1 is 1.12 bits per heavy atom. The van der Waals surface area contributed by atoms with Gasteiger partial charge >= 0.3 is 0 Å². The third kappa shape index (κ3) is 4.32. The van der Waals surface area contributed by atoms with E-state index >= 15 is 0 Å². The average molecular weight is 555 g/mol. The molecule has 0 bridgehead atoms. The van der Waals surface area contributed by atoms with Gasteiger partial charge < -0.3 is 15.2 Å². The van der Waals surface area contributed by atoms with Gasteiger partial charge in [-0.25, -0.2) is 0 Å². The predicted molar refractivity (Wildman–Crippen MR) is 136 cm³/mol. The molecule has 2 aliphatic rings. The number of ketones is 1. The molecule has 1 unspecified atom stereocenters. The highest BCUT2D eigenvalue weighted by atomic mass is 127. The van der Waals surface area contributed by atoms with Crippen molar-refractivity contribution in [1.29, 1.82) is 5.26 Å². The van der Waals surface area contributed by atoms with Crippen LogP contribution in [0.15, 0.2) is 65.1 Å². The maximum Gasteiger partial charge on any atom is 0.161 e. The summed E-state index contributed by atoms with van der Waals surface area (Å²) in [4.78, 5) is 15.2. The van der Waals surface area contributed by atoms with E-state index in [0.717, 1.165) is 26.9 Å². The Bertz CT molecular complexity index is 1180. The molecule has 0 spiro atoms. The van der Waals surface area contributed by atoms with Crippen molar-refractivity contribution in [3.05, 3.63) is 74.3 Å². The summed E-state index contributed by atoms with van der Waals surface area (Å²) >= 11 is 2.25. The number of allylic oxidation sites excluding steroid dienone is 3. The Morgan fingerprint density at radius 2 is 1.85 bits per heavy atom. The molecule has 1 aliphatic heterocycles. The Labute approximate surface area is 207 Å². The van der Waals surface area contributed by atoms with Crippen LogP contribution in [0.3, 0.4) is 0 Å². The second-order valence-electron chi connectivity index (χ2n) is 7.86. The van der Waals surface area contributed by atoms with Gasteiger partial charge in [0.25, 0.3) is 0 Å². The average Bonchev–Trinajstić information content (AvgIpc) is 2.81. The number of benzene rings is 2. The zero-order chi connectivity index (χ0) is 23.5. The molecule has 33 heavy (non-hydrogen) atoms. The maximum absolute atomic E-state index is 13.4. The van der Waals surface area contributed by atoms with E-state index in [1.54, 1.807) is 0 Å². The van der Waals surface area contributed by atoms with Crippen LogP contribution in [0.2, 0.25) is 0 Å². The van der Waals surface area contributed by atoms with Gasteiger partial charge in [0.1, 0.15) is 17.3 Å². The minimum absolute atomic E-state index is 0.0428. The largest absolute Gasteiger partial charge is 0.494 e. The van der Waals surface area contributed by atoms with Gasteiger partial charge in [0.15, 0.2) is 5.78 Å². The maximum atomic E-state index is 13.4. The second-order valence-corrected chi connectivity index (χ2v) is 9.10. The van der Waals surface area contributed by atoms with Crippen LogP contribution in [0.5, 0.6) is 11.5 Å². The molecule has 2 aromatic carbocycles. The predicted octanol–water partition coefficient (Wildman–Crippen LogP) is 5.39. The van der Waals surface area contributed by atoms with E-state index in [1.807, 2.05) is 61.2 Å². The van der Waals surface area contributed by atoms with Gasteiger partial charge in [0.05, 0.1) is 30.8 Å². The van der Waals surface area contributed by atoms with Crippen LogP contribution >= 0.6 is 22.6 Å². The number of hydrogen-bond acceptors (Lipinski definition) is 6. The molecule has 1 aliphatic carbocycles. The summed E-state index contributed by atoms with van der Waals surface area (Å²) in [6, 6.07) is 15.8. The fourth-order valence-corrected chi connectivity index (χ4v) is 4.94. The van der Waals surface area contributed by atoms with Gasteiger partial charge in [-0.05, 0) is 91.7 Å². The van der Waals surface area contributed by atoms with E-state index in [1.165, 1.54) is 0 Å². The molecule has 0 amide bonds. The quantitative estimate of drug-likeness (QED) is 0.481. The fourth-order valence-electron chi connectivity index (χ4n) is 4.58. The molecule has 0 aromatic heterocycles. The number of anilines is 1. The number of Topliss-reactive ketones (excluding diaryl/α,β-unsaturated/α-hetero) is 1. The number of hydrogen-bond donors (Lipinski definition) is 1. The molecule has 0 saturated carbocycles. The number of ether oxygens (including phenoxy) is 2. The molecule has 1 atom stereocenters. The lowest BCUT2D eigenvalue weighted by atomic mass is 9.75. The van der Waals surface area contributed by atoms with Gasteiger partial charge in [0, 0.05) is 32.5 Å². The van der Waals surface area contributed by atoms with E-state index < -0.39 is 5.92 Å². The van der Waals surface area contributed by atoms with Crippen molar-refractivity contribution in [1.82, 2.24) is 0 Å². The van der Waals surface area contributed by atoms with Gasteiger partial charge in [-0.3, -0.25) is 9.69 Å². The summed E-state index contributed by atoms with van der Waals surface area (Å²) in [7, 11) is 0. The van der Waals surface area contributed by atoms with E-state index in [4.69, 9.17) is 15.2 Å². The van der Waals surface area contributed by atoms with Crippen LogP contribution in [-0.4, -0.2) is 19.0 Å². The SMILES string of the molecule is CCOc1ccc(OCC)c(C2C(C#N)=C(N)N(c3ccc(I)cc3)C3=C2C(=O)CCC3)c1. The number of rotatable bonds is 6. The molecule has 2 aromatic rings. The number of nitrogens with zero attached hydrogens (tertiary/aromatic N) is 2. The molecule has 1 heterocycles. The molecule has 0 saturated heterocycles. The summed E-state index contributed by atoms with van der Waals surface area (Å²) in [5.41, 5.74) is 10.1. The van der Waals surface area contributed by atoms with E-state index in [9.17, 15) is 10.1 Å². The number of halogens is 1. The van der Waals surface area contributed by atoms with E-state index in [-0.39, 0.29) is 5.78 Å². The molecule has 4 rings (SSSR count). The first kappa shape index (κ1) is 23.2. The van der Waals surface area contributed by atoms with E-state index in [0.29, 0.717) is 54.5 Å². The summed E-state index contributed by atoms with van der Waals surface area (Å²) in [6.07, 6.45) is 1.90. The van der Waals surface area contributed by atoms with Crippen molar-refractivity contribution < 1.29 is 14.3 Å². The lowest BCUT2D eigenvalue weighted by Gasteiger charge is -2.40. The molecule has 0 radical (unpaired) electrons. The van der Waals surface area contributed by atoms with Crippen molar-refractivity contribution in [3.63, 3.8) is 0 Å². The minimum Gasteiger partial charge on any atom is -0.494 e. The summed E-state index contributed by atoms with van der Waals surface area (Å²) in [6.45, 7) is 4.79. The number of nitrogens with two attached hydrogens (primary N) is 1. The standard InChI is InChI=1S/C26H26IN3O3/c1-3-32-18-12-13-23(33-4-2)19(14-18)24-20(15-28)26(29)30(17-10-8-16(27)9-11-17)21-6-5-7-22(31)25(21)24/h8-14,24H,3-7,29H2,1-2H3. The first-order chi connectivity index (χ1) is 16.0. The third-order valence-electron chi connectivity index (χ3n) is 5.90. The summed E-state index contributed by atoms with van der Waals surface area (Å²) in [5.74, 6) is 1.08. The summed E-state index contributed by atoms with van der Waals surface area (Å²) in [5, 5.41) is 10.3. The Kier molecular flexibility index (Phi) is 6.94. The Hall–Kier alpha value is -2.99. The molecule has 0 fully saturated rings. The number of carbonyl (C=O) groups is 1. The van der Waals surface area contributed by atoms with Crippen LogP contribution in [-0.2, 0) is 4.79 Å². The Balaban J connectivity index is 1.97. The van der Waals surface area contributed by atoms with Crippen molar-refractivity contribution in [2.24, 2.45) is 5.73 Å². The molecule has 6 nitrogen and oxygen atoms in total. The Morgan fingerprint density at radius 3 is 2.52 bits per heavy atom. The highest BCUT2D eigenvalue weighted by Crippen LogP contribution is 2.48. The van der Waals surface area contributed by atoms with Crippen LogP contribution in [0.25, 0.3) is 0 Å². The van der Waals surface area contributed by atoms with Gasteiger partial charge in [-0.15, -0.1) is 0 Å². The highest BCUT2D eigenvalue weighted by molar-refractivity contribution is 14.1. The van der Waals surface area contributed by atoms with E-state index in [2.05, 4.69) is 28.7 Å². The topological polar surface area (TPSA) is 88.6 Å². The lowest BCUT2D eigenvalue weighted by Crippen LogP contribution is -2.38. The first-order valence-electron chi connectivity index (χ1n) is 11.1. The van der Waals surface area contributed by atoms with Gasteiger partial charge in [-0.2, -0.15) is 5.26 Å². The highest BCUT2D eigenvalue weighted by Gasteiger charge is 2.41. The molecule has 170 valence electrons. The molecular weight excluding hydrogens is 529 g/mol. The van der Waals surface area contributed by atoms with Crippen molar-refractivity contribution in [2.75, 3.05) is 18.1 Å². The van der Waals surface area contributed by atoms with Crippen LogP contribution in [0.1, 0.15) is 44.6 Å². The lowest BCUT2D eigenvalue weighted by molar-refractivity contribution is -0.116. The minimum atomic E-state index is -0.597. The zero-order valence-corrected chi connectivity index (χ0v) is 20.9. The van der Waals surface area contributed by atoms with Crippen molar-refractivity contribution >= 4 is 34.1 Å². The smallest absolute Gasteiger partial charge is 0.161 e.